The highest BCUT2D eigenvalue weighted by atomic mass is 16.2. The molecule has 0 saturated heterocycles. The van der Waals surface area contributed by atoms with Gasteiger partial charge in [0.05, 0.1) is 23.8 Å². The number of hydrogen-bond donors (Lipinski definition) is 4. The van der Waals surface area contributed by atoms with Crippen LogP contribution in [0.2, 0.25) is 0 Å². The zero-order valence-electron chi connectivity index (χ0n) is 10.4. The van der Waals surface area contributed by atoms with Gasteiger partial charge in [0.15, 0.2) is 0 Å². The van der Waals surface area contributed by atoms with Crippen molar-refractivity contribution in [3.8, 4) is 0 Å². The number of amides is 1. The quantitative estimate of drug-likeness (QED) is 0.596. The van der Waals surface area contributed by atoms with Crippen molar-refractivity contribution in [2.75, 3.05) is 6.54 Å². The second kappa shape index (κ2) is 5.23. The van der Waals surface area contributed by atoms with Crippen LogP contribution in [0.4, 0.5) is 0 Å². The third-order valence-corrected chi connectivity index (χ3v) is 3.26. The summed E-state index contributed by atoms with van der Waals surface area (Å²) in [6.45, 7) is 1.24. The van der Waals surface area contributed by atoms with Crippen LogP contribution in [0, 0.1) is 0 Å². The number of nitrogens with zero attached hydrogens (tertiary/aromatic N) is 2. The Morgan fingerprint density at radius 1 is 1.42 bits per heavy atom. The number of imidazole rings is 2. The van der Waals surface area contributed by atoms with Gasteiger partial charge < -0.3 is 15.3 Å². The summed E-state index contributed by atoms with van der Waals surface area (Å²) in [5.41, 5.74) is 2.05. The predicted octanol–water partition coefficient (Wildman–Crippen LogP) is -0.494. The van der Waals surface area contributed by atoms with Gasteiger partial charge >= 0.3 is 0 Å². The SMILES string of the molecule is O=C(NCCc1ncc[nH]1)C1Cc2nc[nH]c2CN1. The van der Waals surface area contributed by atoms with Crippen molar-refractivity contribution in [2.45, 2.75) is 25.4 Å². The third-order valence-electron chi connectivity index (χ3n) is 3.26. The first-order chi connectivity index (χ1) is 9.33. The summed E-state index contributed by atoms with van der Waals surface area (Å²) in [4.78, 5) is 26.4. The van der Waals surface area contributed by atoms with E-state index in [1.54, 1.807) is 18.7 Å². The number of carbonyl (C=O) groups excluding carboxylic acids is 1. The van der Waals surface area contributed by atoms with E-state index in [1.807, 2.05) is 0 Å². The minimum absolute atomic E-state index is 0.0141. The second-order valence-electron chi connectivity index (χ2n) is 4.54. The van der Waals surface area contributed by atoms with Crippen LogP contribution in [-0.4, -0.2) is 38.4 Å². The summed E-state index contributed by atoms with van der Waals surface area (Å²) >= 11 is 0. The van der Waals surface area contributed by atoms with Crippen molar-refractivity contribution in [3.63, 3.8) is 0 Å². The number of nitrogens with one attached hydrogen (secondary N) is 4. The van der Waals surface area contributed by atoms with Crippen LogP contribution >= 0.6 is 0 Å². The van der Waals surface area contributed by atoms with Crippen molar-refractivity contribution in [1.29, 1.82) is 0 Å². The van der Waals surface area contributed by atoms with E-state index in [2.05, 4.69) is 30.6 Å². The number of rotatable bonds is 4. The molecule has 19 heavy (non-hydrogen) atoms. The van der Waals surface area contributed by atoms with Crippen LogP contribution in [0.1, 0.15) is 17.2 Å². The van der Waals surface area contributed by atoms with E-state index in [0.717, 1.165) is 17.2 Å². The van der Waals surface area contributed by atoms with Crippen LogP contribution < -0.4 is 10.6 Å². The lowest BCUT2D eigenvalue weighted by Gasteiger charge is -2.22. The van der Waals surface area contributed by atoms with Crippen LogP contribution in [0.3, 0.4) is 0 Å². The number of hydrogen-bond acceptors (Lipinski definition) is 4. The zero-order valence-corrected chi connectivity index (χ0v) is 10.4. The Balaban J connectivity index is 1.49. The molecule has 3 rings (SSSR count). The number of aromatic amines is 2. The molecule has 0 radical (unpaired) electrons. The fourth-order valence-electron chi connectivity index (χ4n) is 2.22. The fraction of sp³-hybridized carbons (Fsp3) is 0.417. The van der Waals surface area contributed by atoms with Gasteiger partial charge in [0.1, 0.15) is 5.82 Å². The number of aromatic nitrogens is 4. The monoisotopic (exact) mass is 260 g/mol. The highest BCUT2D eigenvalue weighted by Crippen LogP contribution is 2.11. The van der Waals surface area contributed by atoms with Crippen LogP contribution in [0.25, 0.3) is 0 Å². The largest absolute Gasteiger partial charge is 0.354 e. The van der Waals surface area contributed by atoms with Gasteiger partial charge in [-0.25, -0.2) is 9.97 Å². The highest BCUT2D eigenvalue weighted by Gasteiger charge is 2.25. The third kappa shape index (κ3) is 2.65. The summed E-state index contributed by atoms with van der Waals surface area (Å²) in [7, 11) is 0. The molecule has 3 heterocycles. The van der Waals surface area contributed by atoms with Crippen LogP contribution in [0.15, 0.2) is 18.7 Å². The Labute approximate surface area is 110 Å². The minimum atomic E-state index is -0.201. The zero-order chi connectivity index (χ0) is 13.1. The molecule has 0 saturated carbocycles. The molecule has 7 nitrogen and oxygen atoms in total. The predicted molar refractivity (Wildman–Crippen MR) is 68.2 cm³/mol. The van der Waals surface area contributed by atoms with Crippen molar-refractivity contribution in [1.82, 2.24) is 30.6 Å². The lowest BCUT2D eigenvalue weighted by molar-refractivity contribution is -0.123. The maximum Gasteiger partial charge on any atom is 0.237 e. The molecule has 1 aliphatic heterocycles. The molecule has 0 spiro atoms. The van der Waals surface area contributed by atoms with E-state index >= 15 is 0 Å². The molecule has 1 amide bonds. The maximum absolute atomic E-state index is 12.0. The first kappa shape index (κ1) is 11.9. The minimum Gasteiger partial charge on any atom is -0.354 e. The first-order valence-electron chi connectivity index (χ1n) is 6.33. The van der Waals surface area contributed by atoms with Crippen LogP contribution in [-0.2, 0) is 24.2 Å². The normalized spacial score (nSPS) is 18.0. The Hall–Kier alpha value is -2.15. The molecule has 4 N–H and O–H groups in total. The fourth-order valence-corrected chi connectivity index (χ4v) is 2.22. The van der Waals surface area contributed by atoms with Gasteiger partial charge in [0.25, 0.3) is 0 Å². The summed E-state index contributed by atoms with van der Waals surface area (Å²) in [6, 6.07) is -0.201. The lowest BCUT2D eigenvalue weighted by Crippen LogP contribution is -2.48. The van der Waals surface area contributed by atoms with Gasteiger partial charge in [-0.05, 0) is 0 Å². The number of H-pyrrole nitrogens is 2. The Morgan fingerprint density at radius 2 is 2.37 bits per heavy atom. The molecule has 1 atom stereocenters. The van der Waals surface area contributed by atoms with E-state index in [0.29, 0.717) is 25.9 Å². The molecule has 0 aliphatic carbocycles. The first-order valence-corrected chi connectivity index (χ1v) is 6.33. The molecule has 7 heteroatoms. The number of carbonyl (C=O) groups is 1. The van der Waals surface area contributed by atoms with Gasteiger partial charge in [-0.1, -0.05) is 0 Å². The lowest BCUT2D eigenvalue weighted by atomic mass is 10.0. The van der Waals surface area contributed by atoms with Gasteiger partial charge in [0.2, 0.25) is 5.91 Å². The molecule has 1 unspecified atom stereocenters. The van der Waals surface area contributed by atoms with E-state index in [-0.39, 0.29) is 11.9 Å². The summed E-state index contributed by atoms with van der Waals surface area (Å²) in [5.74, 6) is 0.895. The summed E-state index contributed by atoms with van der Waals surface area (Å²) in [6.07, 6.45) is 6.49. The van der Waals surface area contributed by atoms with Crippen molar-refractivity contribution >= 4 is 5.91 Å². The molecule has 1 aliphatic rings. The second-order valence-corrected chi connectivity index (χ2v) is 4.54. The van der Waals surface area contributed by atoms with Gasteiger partial charge in [0, 0.05) is 38.3 Å². The average molecular weight is 260 g/mol. The standard InChI is InChI=1S/C12H16N6O/c19-12(15-2-1-11-13-3-4-14-11)9-5-8-10(6-16-9)18-7-17-8/h3-4,7,9,16H,1-2,5-6H2,(H,13,14)(H,15,19)(H,17,18). The number of fused-ring (bicyclic) bond motifs is 1. The van der Waals surface area contributed by atoms with Crippen molar-refractivity contribution in [3.05, 3.63) is 35.9 Å². The summed E-state index contributed by atoms with van der Waals surface area (Å²) < 4.78 is 0. The molecule has 0 aromatic carbocycles. The van der Waals surface area contributed by atoms with Crippen LogP contribution in [0.5, 0.6) is 0 Å². The topological polar surface area (TPSA) is 98.5 Å². The molecule has 2 aromatic heterocycles. The highest BCUT2D eigenvalue weighted by molar-refractivity contribution is 5.82. The molecule has 100 valence electrons. The Bertz CT molecular complexity index is 546. The average Bonchev–Trinajstić information content (AvgIpc) is 3.08. The molecule has 2 aromatic rings. The molecular formula is C12H16N6O. The molecule has 0 fully saturated rings. The summed E-state index contributed by atoms with van der Waals surface area (Å²) in [5, 5.41) is 6.11. The van der Waals surface area contributed by atoms with Gasteiger partial charge in [-0.2, -0.15) is 0 Å². The molecular weight excluding hydrogens is 244 g/mol. The van der Waals surface area contributed by atoms with E-state index in [4.69, 9.17) is 0 Å². The van der Waals surface area contributed by atoms with E-state index in [9.17, 15) is 4.79 Å². The van der Waals surface area contributed by atoms with Gasteiger partial charge in [-0.15, -0.1) is 0 Å². The maximum atomic E-state index is 12.0. The Morgan fingerprint density at radius 3 is 3.21 bits per heavy atom. The van der Waals surface area contributed by atoms with E-state index < -0.39 is 0 Å². The van der Waals surface area contributed by atoms with Gasteiger partial charge in [-0.3, -0.25) is 10.1 Å². The van der Waals surface area contributed by atoms with Crippen molar-refractivity contribution < 1.29 is 4.79 Å². The Kier molecular flexibility index (Phi) is 3.28. The smallest absolute Gasteiger partial charge is 0.237 e. The van der Waals surface area contributed by atoms with Crippen molar-refractivity contribution in [2.24, 2.45) is 0 Å². The van der Waals surface area contributed by atoms with E-state index in [1.165, 1.54) is 0 Å². The molecule has 0 bridgehead atoms.